The summed E-state index contributed by atoms with van der Waals surface area (Å²) < 4.78 is 0. The summed E-state index contributed by atoms with van der Waals surface area (Å²) in [5.41, 5.74) is 3.56. The van der Waals surface area contributed by atoms with Crippen molar-refractivity contribution >= 4 is 16.8 Å². The van der Waals surface area contributed by atoms with E-state index in [0.29, 0.717) is 12.3 Å². The van der Waals surface area contributed by atoms with Crippen molar-refractivity contribution < 1.29 is 9.90 Å². The zero-order valence-corrected chi connectivity index (χ0v) is 12.5. The van der Waals surface area contributed by atoms with Gasteiger partial charge in [-0.1, -0.05) is 24.6 Å². The first kappa shape index (κ1) is 12.7. The van der Waals surface area contributed by atoms with Gasteiger partial charge < -0.3 is 15.0 Å². The van der Waals surface area contributed by atoms with Gasteiger partial charge in [0.15, 0.2) is 0 Å². The zero-order chi connectivity index (χ0) is 14.9. The number of aliphatic hydroxyl groups is 1. The highest BCUT2D eigenvalue weighted by molar-refractivity contribution is 5.88. The Bertz CT molecular complexity index is 780. The monoisotopic (exact) mass is 296 g/mol. The van der Waals surface area contributed by atoms with Crippen molar-refractivity contribution in [1.82, 2.24) is 9.88 Å². The first-order chi connectivity index (χ1) is 10.8. The number of rotatable bonds is 1. The summed E-state index contributed by atoms with van der Waals surface area (Å²) in [6.07, 6.45) is 4.72. The summed E-state index contributed by atoms with van der Waals surface area (Å²) in [6, 6.07) is 8.33. The largest absolute Gasteiger partial charge is 0.394 e. The maximum atomic E-state index is 12.6. The number of carbonyl (C=O) groups is 1. The molecule has 1 saturated heterocycles. The van der Waals surface area contributed by atoms with E-state index in [0.717, 1.165) is 24.8 Å². The van der Waals surface area contributed by atoms with Crippen LogP contribution in [0, 0.1) is 5.92 Å². The highest BCUT2D eigenvalue weighted by Crippen LogP contribution is 2.58. The van der Waals surface area contributed by atoms with Crippen molar-refractivity contribution in [2.75, 3.05) is 6.61 Å². The third kappa shape index (κ3) is 1.30. The second kappa shape index (κ2) is 4.13. The van der Waals surface area contributed by atoms with Crippen LogP contribution in [0.3, 0.4) is 0 Å². The van der Waals surface area contributed by atoms with E-state index in [1.165, 1.54) is 23.1 Å². The number of hydrogen-bond acceptors (Lipinski definition) is 2. The molecule has 5 rings (SSSR count). The molecule has 1 aromatic heterocycles. The lowest BCUT2D eigenvalue weighted by molar-refractivity contribution is -0.137. The van der Waals surface area contributed by atoms with Crippen molar-refractivity contribution in [2.45, 2.75) is 43.7 Å². The van der Waals surface area contributed by atoms with E-state index in [4.69, 9.17) is 0 Å². The molecular weight excluding hydrogens is 276 g/mol. The Kier molecular flexibility index (Phi) is 2.39. The highest BCUT2D eigenvalue weighted by Gasteiger charge is 2.61. The minimum Gasteiger partial charge on any atom is -0.394 e. The molecule has 2 fully saturated rings. The number of nitrogens with one attached hydrogen (secondary N) is 1. The number of aliphatic hydroxyl groups excluding tert-OH is 1. The SMILES string of the molecule is O=C1C[C@@H]2CCC[C@@]23c2[nH]c4ccccc4c2C[C@@H](CO)N13. The molecule has 1 spiro atoms. The number of fused-ring (bicyclic) bond motifs is 3. The fraction of sp³-hybridized carbons (Fsp3) is 0.500. The Morgan fingerprint density at radius 1 is 1.32 bits per heavy atom. The van der Waals surface area contributed by atoms with Crippen molar-refractivity contribution in [2.24, 2.45) is 5.92 Å². The maximum Gasteiger partial charge on any atom is 0.224 e. The maximum absolute atomic E-state index is 12.6. The molecule has 3 heterocycles. The van der Waals surface area contributed by atoms with E-state index in [1.807, 2.05) is 4.90 Å². The summed E-state index contributed by atoms with van der Waals surface area (Å²) in [5.74, 6) is 0.634. The molecule has 22 heavy (non-hydrogen) atoms. The third-order valence-electron chi connectivity index (χ3n) is 6.17. The van der Waals surface area contributed by atoms with Gasteiger partial charge in [0.25, 0.3) is 0 Å². The molecule has 1 saturated carbocycles. The van der Waals surface area contributed by atoms with Crippen LogP contribution < -0.4 is 0 Å². The number of benzene rings is 1. The molecule has 1 aromatic carbocycles. The van der Waals surface area contributed by atoms with Gasteiger partial charge in [-0.25, -0.2) is 0 Å². The van der Waals surface area contributed by atoms with Crippen LogP contribution in [0.2, 0.25) is 0 Å². The third-order valence-corrected chi connectivity index (χ3v) is 6.17. The van der Waals surface area contributed by atoms with E-state index in [2.05, 4.69) is 29.2 Å². The van der Waals surface area contributed by atoms with Gasteiger partial charge in [0.2, 0.25) is 5.91 Å². The Hall–Kier alpha value is -1.81. The van der Waals surface area contributed by atoms with Crippen LogP contribution in [-0.2, 0) is 16.8 Å². The predicted molar refractivity (Wildman–Crippen MR) is 83.4 cm³/mol. The van der Waals surface area contributed by atoms with Crippen LogP contribution in [0.5, 0.6) is 0 Å². The number of aromatic nitrogens is 1. The van der Waals surface area contributed by atoms with Gasteiger partial charge >= 0.3 is 0 Å². The van der Waals surface area contributed by atoms with Crippen LogP contribution >= 0.6 is 0 Å². The average Bonchev–Trinajstić information content (AvgIpc) is 3.16. The number of carbonyl (C=O) groups excluding carboxylic acids is 1. The number of aromatic amines is 1. The second-order valence-corrected chi connectivity index (χ2v) is 7.05. The van der Waals surface area contributed by atoms with Gasteiger partial charge in [-0.15, -0.1) is 0 Å². The van der Waals surface area contributed by atoms with Crippen molar-refractivity contribution in [3.05, 3.63) is 35.5 Å². The van der Waals surface area contributed by atoms with Gasteiger partial charge in [0.05, 0.1) is 18.2 Å². The molecule has 0 bridgehead atoms. The van der Waals surface area contributed by atoms with Crippen molar-refractivity contribution in [1.29, 1.82) is 0 Å². The van der Waals surface area contributed by atoms with Gasteiger partial charge in [0, 0.05) is 23.0 Å². The zero-order valence-electron chi connectivity index (χ0n) is 12.5. The molecule has 4 heteroatoms. The van der Waals surface area contributed by atoms with Crippen molar-refractivity contribution in [3.63, 3.8) is 0 Å². The minimum atomic E-state index is -0.183. The van der Waals surface area contributed by atoms with Gasteiger partial charge in [0.1, 0.15) is 0 Å². The molecule has 4 nitrogen and oxygen atoms in total. The smallest absolute Gasteiger partial charge is 0.224 e. The molecule has 2 aromatic rings. The molecule has 0 radical (unpaired) electrons. The molecular formula is C18H20N2O2. The number of para-hydroxylation sites is 1. The lowest BCUT2D eigenvalue weighted by Gasteiger charge is -2.46. The predicted octanol–water partition coefficient (Wildman–Crippen LogP) is 2.31. The van der Waals surface area contributed by atoms with E-state index >= 15 is 0 Å². The molecule has 1 aliphatic carbocycles. The van der Waals surface area contributed by atoms with Crippen molar-refractivity contribution in [3.8, 4) is 0 Å². The summed E-state index contributed by atoms with van der Waals surface area (Å²) in [7, 11) is 0. The summed E-state index contributed by atoms with van der Waals surface area (Å²) in [5, 5.41) is 11.2. The van der Waals surface area contributed by atoms with Crippen LogP contribution in [0.15, 0.2) is 24.3 Å². The number of H-pyrrole nitrogens is 1. The number of nitrogens with zero attached hydrogens (tertiary/aromatic N) is 1. The van der Waals surface area contributed by atoms with Crippen LogP contribution in [0.4, 0.5) is 0 Å². The summed E-state index contributed by atoms with van der Waals surface area (Å²) >= 11 is 0. The Labute approximate surface area is 129 Å². The van der Waals surface area contributed by atoms with E-state index in [9.17, 15) is 9.90 Å². The van der Waals surface area contributed by atoms with E-state index in [1.54, 1.807) is 0 Å². The van der Waals surface area contributed by atoms with Crippen LogP contribution in [0.25, 0.3) is 10.9 Å². The lowest BCUT2D eigenvalue weighted by Crippen LogP contribution is -2.55. The molecule has 2 aliphatic heterocycles. The Morgan fingerprint density at radius 2 is 2.18 bits per heavy atom. The van der Waals surface area contributed by atoms with Crippen LogP contribution in [0.1, 0.15) is 36.9 Å². The first-order valence-electron chi connectivity index (χ1n) is 8.29. The number of amides is 1. The van der Waals surface area contributed by atoms with Crippen LogP contribution in [-0.4, -0.2) is 33.5 Å². The lowest BCUT2D eigenvalue weighted by atomic mass is 9.78. The molecule has 0 unspecified atom stereocenters. The Balaban J connectivity index is 1.83. The summed E-state index contributed by atoms with van der Waals surface area (Å²) in [6.45, 7) is 0.0547. The van der Waals surface area contributed by atoms with Gasteiger partial charge in [-0.3, -0.25) is 4.79 Å². The summed E-state index contributed by atoms with van der Waals surface area (Å²) in [4.78, 5) is 18.3. The second-order valence-electron chi connectivity index (χ2n) is 7.05. The molecule has 3 atom stereocenters. The average molecular weight is 296 g/mol. The topological polar surface area (TPSA) is 56.3 Å². The fourth-order valence-electron chi connectivity index (χ4n) is 5.41. The van der Waals surface area contributed by atoms with E-state index < -0.39 is 0 Å². The molecule has 114 valence electrons. The molecule has 2 N–H and O–H groups in total. The number of hydrogen-bond donors (Lipinski definition) is 2. The van der Waals surface area contributed by atoms with Gasteiger partial charge in [-0.2, -0.15) is 0 Å². The highest BCUT2D eigenvalue weighted by atomic mass is 16.3. The minimum absolute atomic E-state index is 0.0547. The molecule has 1 amide bonds. The first-order valence-corrected chi connectivity index (χ1v) is 8.29. The fourth-order valence-corrected chi connectivity index (χ4v) is 5.41. The normalized spacial score (nSPS) is 33.1. The Morgan fingerprint density at radius 3 is 3.05 bits per heavy atom. The van der Waals surface area contributed by atoms with E-state index in [-0.39, 0.29) is 24.1 Å². The standard InChI is InChI=1S/C18H20N2O2/c21-10-12-9-14-13-5-1-2-6-15(13)19-17(14)18-7-3-4-11(18)8-16(22)20(12)18/h1-2,5-6,11-12,19,21H,3-4,7-10H2/t11-,12-,18-/m0/s1. The molecule has 3 aliphatic rings. The quantitative estimate of drug-likeness (QED) is 0.848. The van der Waals surface area contributed by atoms with Gasteiger partial charge in [-0.05, 0) is 36.8 Å².